The van der Waals surface area contributed by atoms with E-state index in [1.807, 2.05) is 6.92 Å². The normalized spacial score (nSPS) is 12.8. The molecule has 1 heterocycles. The Morgan fingerprint density at radius 2 is 2.20 bits per heavy atom. The van der Waals surface area contributed by atoms with Crippen LogP contribution < -0.4 is 5.32 Å². The number of hydrogen-bond donors (Lipinski definition) is 1. The Morgan fingerprint density at radius 3 is 2.80 bits per heavy atom. The van der Waals surface area contributed by atoms with Gasteiger partial charge in [0.2, 0.25) is 5.95 Å². The van der Waals surface area contributed by atoms with E-state index in [0.29, 0.717) is 5.92 Å². The van der Waals surface area contributed by atoms with E-state index in [2.05, 4.69) is 41.8 Å². The molecule has 0 spiro atoms. The second-order valence-electron chi connectivity index (χ2n) is 4.30. The molecular weight excluding hydrogens is 186 g/mol. The summed E-state index contributed by atoms with van der Waals surface area (Å²) in [5, 5.41) is 3.37. The number of aryl methyl sites for hydroxylation is 1. The maximum absolute atomic E-state index is 4.49. The van der Waals surface area contributed by atoms with Crippen LogP contribution in [0.5, 0.6) is 0 Å². The van der Waals surface area contributed by atoms with Crippen molar-refractivity contribution < 1.29 is 0 Å². The molecule has 1 atom stereocenters. The van der Waals surface area contributed by atoms with Crippen LogP contribution in [-0.4, -0.2) is 16.1 Å². The molecule has 1 aromatic rings. The smallest absolute Gasteiger partial charge is 0.203 e. The first kappa shape index (κ1) is 12.1. The number of anilines is 1. The van der Waals surface area contributed by atoms with E-state index in [1.165, 1.54) is 6.42 Å². The zero-order valence-corrected chi connectivity index (χ0v) is 10.4. The number of nitrogens with zero attached hydrogens (tertiary/aromatic N) is 2. The Hall–Kier alpha value is -0.990. The molecule has 0 bridgehead atoms. The molecule has 0 aliphatic carbocycles. The molecule has 1 N–H and O–H groups in total. The van der Waals surface area contributed by atoms with Crippen LogP contribution >= 0.6 is 0 Å². The third kappa shape index (κ3) is 3.57. The van der Waals surface area contributed by atoms with Gasteiger partial charge in [-0.25, -0.2) is 4.98 Å². The van der Waals surface area contributed by atoms with Gasteiger partial charge in [0, 0.05) is 19.3 Å². The standard InChI is InChI=1S/C12H23N3/c1-5-7-13-12-14-11(4)9-15(12)8-10(3)6-2/h9-10H,5-8H2,1-4H3,(H,13,14). The van der Waals surface area contributed by atoms with Gasteiger partial charge >= 0.3 is 0 Å². The van der Waals surface area contributed by atoms with Crippen molar-refractivity contribution in [3.63, 3.8) is 0 Å². The highest BCUT2D eigenvalue weighted by Gasteiger charge is 2.07. The molecule has 1 unspecified atom stereocenters. The van der Waals surface area contributed by atoms with Crippen molar-refractivity contribution in [2.24, 2.45) is 5.92 Å². The fourth-order valence-electron chi connectivity index (χ4n) is 1.53. The molecule has 86 valence electrons. The summed E-state index contributed by atoms with van der Waals surface area (Å²) in [7, 11) is 0. The van der Waals surface area contributed by atoms with Gasteiger partial charge in [-0.05, 0) is 19.3 Å². The summed E-state index contributed by atoms with van der Waals surface area (Å²) in [6.45, 7) is 10.8. The molecule has 0 aliphatic rings. The molecule has 1 rings (SSSR count). The summed E-state index contributed by atoms with van der Waals surface area (Å²) in [5.41, 5.74) is 1.09. The molecule has 0 saturated heterocycles. The van der Waals surface area contributed by atoms with Gasteiger partial charge in [-0.3, -0.25) is 0 Å². The van der Waals surface area contributed by atoms with Crippen molar-refractivity contribution in [2.75, 3.05) is 11.9 Å². The topological polar surface area (TPSA) is 29.9 Å². The van der Waals surface area contributed by atoms with Crippen LogP contribution in [0.2, 0.25) is 0 Å². The van der Waals surface area contributed by atoms with Gasteiger partial charge in [0.05, 0.1) is 5.69 Å². The van der Waals surface area contributed by atoms with Gasteiger partial charge in [0.15, 0.2) is 0 Å². The lowest BCUT2D eigenvalue weighted by Crippen LogP contribution is -2.11. The quantitative estimate of drug-likeness (QED) is 0.780. The first-order chi connectivity index (χ1) is 7.17. The summed E-state index contributed by atoms with van der Waals surface area (Å²) in [6.07, 6.45) is 4.48. The highest BCUT2D eigenvalue weighted by molar-refractivity contribution is 5.28. The highest BCUT2D eigenvalue weighted by atomic mass is 15.2. The average molecular weight is 209 g/mol. The van der Waals surface area contributed by atoms with E-state index in [-0.39, 0.29) is 0 Å². The molecule has 3 nitrogen and oxygen atoms in total. The summed E-state index contributed by atoms with van der Waals surface area (Å²) in [5.74, 6) is 1.73. The highest BCUT2D eigenvalue weighted by Crippen LogP contribution is 2.13. The Morgan fingerprint density at radius 1 is 1.47 bits per heavy atom. The molecule has 0 amide bonds. The Kier molecular flexibility index (Phi) is 4.66. The van der Waals surface area contributed by atoms with E-state index in [4.69, 9.17) is 0 Å². The minimum absolute atomic E-state index is 0.709. The van der Waals surface area contributed by atoms with E-state index in [9.17, 15) is 0 Å². The van der Waals surface area contributed by atoms with E-state index >= 15 is 0 Å². The third-order valence-electron chi connectivity index (χ3n) is 2.64. The van der Waals surface area contributed by atoms with Gasteiger partial charge in [-0.2, -0.15) is 0 Å². The largest absolute Gasteiger partial charge is 0.356 e. The summed E-state index contributed by atoms with van der Waals surface area (Å²) < 4.78 is 2.24. The lowest BCUT2D eigenvalue weighted by atomic mass is 10.1. The minimum Gasteiger partial charge on any atom is -0.356 e. The van der Waals surface area contributed by atoms with Crippen molar-refractivity contribution in [1.29, 1.82) is 0 Å². The maximum atomic E-state index is 4.49. The predicted molar refractivity (Wildman–Crippen MR) is 65.2 cm³/mol. The fourth-order valence-corrected chi connectivity index (χ4v) is 1.53. The lowest BCUT2D eigenvalue weighted by Gasteiger charge is -2.12. The number of hydrogen-bond acceptors (Lipinski definition) is 2. The monoisotopic (exact) mass is 209 g/mol. The number of nitrogens with one attached hydrogen (secondary N) is 1. The second-order valence-corrected chi connectivity index (χ2v) is 4.30. The zero-order chi connectivity index (χ0) is 11.3. The molecule has 1 aromatic heterocycles. The number of aromatic nitrogens is 2. The van der Waals surface area contributed by atoms with E-state index in [1.54, 1.807) is 0 Å². The van der Waals surface area contributed by atoms with Crippen molar-refractivity contribution in [2.45, 2.75) is 47.1 Å². The molecular formula is C12H23N3. The van der Waals surface area contributed by atoms with Crippen LogP contribution in [0, 0.1) is 12.8 Å². The number of imidazole rings is 1. The molecule has 0 aliphatic heterocycles. The van der Waals surface area contributed by atoms with Crippen molar-refractivity contribution in [1.82, 2.24) is 9.55 Å². The van der Waals surface area contributed by atoms with Gasteiger partial charge in [-0.1, -0.05) is 27.2 Å². The van der Waals surface area contributed by atoms with Crippen LogP contribution in [0.15, 0.2) is 6.20 Å². The SMILES string of the molecule is CCCNc1nc(C)cn1CC(C)CC. The molecule has 3 heteroatoms. The van der Waals surface area contributed by atoms with Gasteiger partial charge in [0.1, 0.15) is 0 Å². The lowest BCUT2D eigenvalue weighted by molar-refractivity contribution is 0.471. The van der Waals surface area contributed by atoms with Gasteiger partial charge in [0.25, 0.3) is 0 Å². The second kappa shape index (κ2) is 5.79. The Bertz CT molecular complexity index is 291. The Balaban J connectivity index is 2.67. The van der Waals surface area contributed by atoms with Crippen molar-refractivity contribution in [3.8, 4) is 0 Å². The average Bonchev–Trinajstić information content (AvgIpc) is 2.55. The van der Waals surface area contributed by atoms with Gasteiger partial charge < -0.3 is 9.88 Å². The molecule has 15 heavy (non-hydrogen) atoms. The van der Waals surface area contributed by atoms with Crippen LogP contribution in [-0.2, 0) is 6.54 Å². The molecule has 0 saturated carbocycles. The summed E-state index contributed by atoms with van der Waals surface area (Å²) in [4.78, 5) is 4.49. The summed E-state index contributed by atoms with van der Waals surface area (Å²) >= 11 is 0. The van der Waals surface area contributed by atoms with Crippen molar-refractivity contribution >= 4 is 5.95 Å². The van der Waals surface area contributed by atoms with Crippen LogP contribution in [0.4, 0.5) is 5.95 Å². The van der Waals surface area contributed by atoms with Crippen LogP contribution in [0.3, 0.4) is 0 Å². The Labute approximate surface area is 92.9 Å². The third-order valence-corrected chi connectivity index (χ3v) is 2.64. The predicted octanol–water partition coefficient (Wildman–Crippen LogP) is 3.06. The van der Waals surface area contributed by atoms with Crippen molar-refractivity contribution in [3.05, 3.63) is 11.9 Å². The molecule has 0 radical (unpaired) electrons. The van der Waals surface area contributed by atoms with Crippen LogP contribution in [0.1, 0.15) is 39.3 Å². The molecule has 0 fully saturated rings. The minimum atomic E-state index is 0.709. The van der Waals surface area contributed by atoms with E-state index in [0.717, 1.165) is 31.2 Å². The fraction of sp³-hybridized carbons (Fsp3) is 0.750. The summed E-state index contributed by atoms with van der Waals surface area (Å²) in [6, 6.07) is 0. The first-order valence-corrected chi connectivity index (χ1v) is 5.95. The molecule has 0 aromatic carbocycles. The van der Waals surface area contributed by atoms with Crippen LogP contribution in [0.25, 0.3) is 0 Å². The maximum Gasteiger partial charge on any atom is 0.203 e. The first-order valence-electron chi connectivity index (χ1n) is 5.95. The number of rotatable bonds is 6. The van der Waals surface area contributed by atoms with Gasteiger partial charge in [-0.15, -0.1) is 0 Å². The van der Waals surface area contributed by atoms with E-state index < -0.39 is 0 Å². The zero-order valence-electron chi connectivity index (χ0n) is 10.4.